The number of hydrogen-bond acceptors (Lipinski definition) is 2. The molecular formula is C14H22N2O. The van der Waals surface area contributed by atoms with E-state index in [0.717, 1.165) is 24.0 Å². The van der Waals surface area contributed by atoms with Crippen molar-refractivity contribution >= 4 is 5.91 Å². The van der Waals surface area contributed by atoms with E-state index in [-0.39, 0.29) is 11.8 Å². The van der Waals surface area contributed by atoms with E-state index >= 15 is 0 Å². The molecule has 0 saturated carbocycles. The van der Waals surface area contributed by atoms with Gasteiger partial charge < -0.3 is 11.1 Å². The average molecular weight is 234 g/mol. The molecule has 0 fully saturated rings. The summed E-state index contributed by atoms with van der Waals surface area (Å²) in [7, 11) is 0. The smallest absolute Gasteiger partial charge is 0.223 e. The molecule has 0 radical (unpaired) electrons. The Hall–Kier alpha value is -1.35. The van der Waals surface area contributed by atoms with Gasteiger partial charge >= 0.3 is 0 Å². The molecule has 1 aromatic carbocycles. The lowest BCUT2D eigenvalue weighted by Crippen LogP contribution is -2.28. The Morgan fingerprint density at radius 3 is 2.41 bits per heavy atom. The van der Waals surface area contributed by atoms with Gasteiger partial charge in [-0.1, -0.05) is 44.5 Å². The lowest BCUT2D eigenvalue weighted by atomic mass is 10.1. The minimum Gasteiger partial charge on any atom is -0.352 e. The lowest BCUT2D eigenvalue weighted by molar-refractivity contribution is -0.124. The summed E-state index contributed by atoms with van der Waals surface area (Å²) in [5.74, 6) is 0.234. The van der Waals surface area contributed by atoms with Gasteiger partial charge in [-0.3, -0.25) is 4.79 Å². The van der Waals surface area contributed by atoms with Crippen molar-refractivity contribution in [1.29, 1.82) is 0 Å². The number of benzene rings is 1. The van der Waals surface area contributed by atoms with Crippen molar-refractivity contribution in [2.75, 3.05) is 0 Å². The van der Waals surface area contributed by atoms with Crippen molar-refractivity contribution in [2.45, 2.75) is 39.8 Å². The van der Waals surface area contributed by atoms with Crippen LogP contribution in [0.4, 0.5) is 0 Å². The number of amides is 1. The molecule has 0 aliphatic heterocycles. The monoisotopic (exact) mass is 234 g/mol. The second kappa shape index (κ2) is 7.07. The topological polar surface area (TPSA) is 55.1 Å². The molecule has 0 saturated heterocycles. The van der Waals surface area contributed by atoms with E-state index in [1.807, 2.05) is 31.2 Å². The average Bonchev–Trinajstić information content (AvgIpc) is 2.36. The van der Waals surface area contributed by atoms with Crippen LogP contribution in [0.25, 0.3) is 0 Å². The van der Waals surface area contributed by atoms with Crippen LogP contribution in [0.5, 0.6) is 0 Å². The third-order valence-corrected chi connectivity index (χ3v) is 2.89. The summed E-state index contributed by atoms with van der Waals surface area (Å²) >= 11 is 0. The maximum Gasteiger partial charge on any atom is 0.223 e. The van der Waals surface area contributed by atoms with Gasteiger partial charge in [0.2, 0.25) is 5.91 Å². The largest absolute Gasteiger partial charge is 0.352 e. The fourth-order valence-corrected chi connectivity index (χ4v) is 1.72. The van der Waals surface area contributed by atoms with Crippen molar-refractivity contribution in [1.82, 2.24) is 5.32 Å². The van der Waals surface area contributed by atoms with Gasteiger partial charge in [0.15, 0.2) is 0 Å². The lowest BCUT2D eigenvalue weighted by Gasteiger charge is -2.11. The SMILES string of the molecule is CCCC(C)C(=O)NCc1ccc(CN)cc1. The standard InChI is InChI=1S/C14H22N2O/c1-3-4-11(2)14(17)16-10-13-7-5-12(9-15)6-8-13/h5-8,11H,3-4,9-10,15H2,1-2H3,(H,16,17). The molecule has 3 N–H and O–H groups in total. The number of carbonyl (C=O) groups excluding carboxylic acids is 1. The van der Waals surface area contributed by atoms with Crippen LogP contribution in [-0.2, 0) is 17.9 Å². The van der Waals surface area contributed by atoms with Gasteiger partial charge in [0.05, 0.1) is 0 Å². The Morgan fingerprint density at radius 2 is 1.88 bits per heavy atom. The fourth-order valence-electron chi connectivity index (χ4n) is 1.72. The summed E-state index contributed by atoms with van der Waals surface area (Å²) < 4.78 is 0. The summed E-state index contributed by atoms with van der Waals surface area (Å²) in [6.07, 6.45) is 1.98. The minimum absolute atomic E-state index is 0.100. The second-order valence-corrected chi connectivity index (χ2v) is 4.43. The molecule has 0 heterocycles. The summed E-state index contributed by atoms with van der Waals surface area (Å²) in [6.45, 7) is 5.21. The third-order valence-electron chi connectivity index (χ3n) is 2.89. The zero-order chi connectivity index (χ0) is 12.7. The number of hydrogen-bond donors (Lipinski definition) is 2. The first kappa shape index (κ1) is 13.7. The zero-order valence-electron chi connectivity index (χ0n) is 10.7. The van der Waals surface area contributed by atoms with E-state index in [2.05, 4.69) is 12.2 Å². The number of nitrogens with one attached hydrogen (secondary N) is 1. The van der Waals surface area contributed by atoms with Crippen molar-refractivity contribution in [3.8, 4) is 0 Å². The third kappa shape index (κ3) is 4.57. The molecule has 1 amide bonds. The molecule has 0 aliphatic carbocycles. The maximum absolute atomic E-state index is 11.7. The highest BCUT2D eigenvalue weighted by Crippen LogP contribution is 2.07. The summed E-state index contributed by atoms with van der Waals surface area (Å²) in [6, 6.07) is 8.01. The van der Waals surface area contributed by atoms with Gasteiger partial charge in [0.1, 0.15) is 0 Å². The van der Waals surface area contributed by atoms with Crippen LogP contribution in [0, 0.1) is 5.92 Å². The summed E-state index contributed by atoms with van der Waals surface area (Å²) in [5, 5.41) is 2.95. The van der Waals surface area contributed by atoms with Crippen LogP contribution in [0.2, 0.25) is 0 Å². The Balaban J connectivity index is 2.41. The Morgan fingerprint density at radius 1 is 1.29 bits per heavy atom. The predicted octanol–water partition coefficient (Wildman–Crippen LogP) is 2.20. The number of rotatable bonds is 6. The van der Waals surface area contributed by atoms with Crippen molar-refractivity contribution in [3.63, 3.8) is 0 Å². The molecule has 1 unspecified atom stereocenters. The number of carbonyl (C=O) groups is 1. The highest BCUT2D eigenvalue weighted by Gasteiger charge is 2.10. The molecule has 94 valence electrons. The molecule has 0 aromatic heterocycles. The van der Waals surface area contributed by atoms with Crippen LogP contribution in [0.3, 0.4) is 0 Å². The van der Waals surface area contributed by atoms with E-state index in [1.54, 1.807) is 0 Å². The summed E-state index contributed by atoms with van der Waals surface area (Å²) in [5.41, 5.74) is 7.75. The fraction of sp³-hybridized carbons (Fsp3) is 0.500. The van der Waals surface area contributed by atoms with Crippen LogP contribution in [0.1, 0.15) is 37.8 Å². The van der Waals surface area contributed by atoms with E-state index < -0.39 is 0 Å². The van der Waals surface area contributed by atoms with E-state index in [4.69, 9.17) is 5.73 Å². The molecule has 3 nitrogen and oxygen atoms in total. The van der Waals surface area contributed by atoms with Gasteiger partial charge in [-0.05, 0) is 17.5 Å². The normalized spacial score (nSPS) is 12.2. The van der Waals surface area contributed by atoms with Gasteiger partial charge in [-0.15, -0.1) is 0 Å². The second-order valence-electron chi connectivity index (χ2n) is 4.43. The molecule has 0 bridgehead atoms. The first-order valence-corrected chi connectivity index (χ1v) is 6.23. The first-order valence-electron chi connectivity index (χ1n) is 6.23. The Labute approximate surface area is 103 Å². The van der Waals surface area contributed by atoms with Crippen molar-refractivity contribution < 1.29 is 4.79 Å². The first-order chi connectivity index (χ1) is 8.17. The van der Waals surface area contributed by atoms with Crippen LogP contribution < -0.4 is 11.1 Å². The quantitative estimate of drug-likeness (QED) is 0.792. The van der Waals surface area contributed by atoms with Gasteiger partial charge in [-0.2, -0.15) is 0 Å². The zero-order valence-corrected chi connectivity index (χ0v) is 10.7. The highest BCUT2D eigenvalue weighted by atomic mass is 16.1. The van der Waals surface area contributed by atoms with Gasteiger partial charge in [-0.25, -0.2) is 0 Å². The van der Waals surface area contributed by atoms with Crippen LogP contribution >= 0.6 is 0 Å². The van der Waals surface area contributed by atoms with Crippen LogP contribution in [-0.4, -0.2) is 5.91 Å². The van der Waals surface area contributed by atoms with Gasteiger partial charge in [0.25, 0.3) is 0 Å². The molecule has 0 spiro atoms. The molecule has 1 aromatic rings. The van der Waals surface area contributed by atoms with E-state index in [1.165, 1.54) is 0 Å². The summed E-state index contributed by atoms with van der Waals surface area (Å²) in [4.78, 5) is 11.7. The molecule has 1 rings (SSSR count). The molecule has 17 heavy (non-hydrogen) atoms. The predicted molar refractivity (Wildman–Crippen MR) is 70.3 cm³/mol. The molecule has 0 aliphatic rings. The Kier molecular flexibility index (Phi) is 5.70. The van der Waals surface area contributed by atoms with E-state index in [0.29, 0.717) is 13.1 Å². The minimum atomic E-state index is 0.100. The molecule has 1 atom stereocenters. The number of nitrogens with two attached hydrogens (primary N) is 1. The Bertz CT molecular complexity index is 346. The van der Waals surface area contributed by atoms with Crippen molar-refractivity contribution in [2.24, 2.45) is 11.7 Å². The van der Waals surface area contributed by atoms with Crippen molar-refractivity contribution in [3.05, 3.63) is 35.4 Å². The molecule has 3 heteroatoms. The maximum atomic E-state index is 11.7. The van der Waals surface area contributed by atoms with Gasteiger partial charge in [0, 0.05) is 19.0 Å². The van der Waals surface area contributed by atoms with E-state index in [9.17, 15) is 4.79 Å². The highest BCUT2D eigenvalue weighted by molar-refractivity contribution is 5.78. The van der Waals surface area contributed by atoms with Crippen LogP contribution in [0.15, 0.2) is 24.3 Å². The molecular weight excluding hydrogens is 212 g/mol.